The van der Waals surface area contributed by atoms with Crippen molar-refractivity contribution in [2.24, 2.45) is 0 Å². The highest BCUT2D eigenvalue weighted by atomic mass is 15.4. The molecule has 0 amide bonds. The fourth-order valence-corrected chi connectivity index (χ4v) is 4.26. The van der Waals surface area contributed by atoms with E-state index in [1.807, 2.05) is 0 Å². The quantitative estimate of drug-likeness (QED) is 0.768. The zero-order chi connectivity index (χ0) is 14.6. The molecule has 1 unspecified atom stereocenters. The molecular formula is C19H22N2. The largest absolute Gasteiger partial charge is 0.351 e. The number of rotatable bonds is 1. The van der Waals surface area contributed by atoms with Crippen molar-refractivity contribution in [1.82, 2.24) is 0 Å². The molecule has 0 N–H and O–H groups in total. The molecule has 3 heterocycles. The summed E-state index contributed by atoms with van der Waals surface area (Å²) in [5.41, 5.74) is 5.71. The van der Waals surface area contributed by atoms with Crippen LogP contribution in [-0.4, -0.2) is 12.7 Å². The van der Waals surface area contributed by atoms with E-state index in [0.29, 0.717) is 6.17 Å². The van der Waals surface area contributed by atoms with Crippen LogP contribution in [0.4, 0.5) is 11.4 Å². The molecule has 0 saturated carbocycles. The van der Waals surface area contributed by atoms with E-state index in [0.717, 1.165) is 6.54 Å². The zero-order valence-corrected chi connectivity index (χ0v) is 13.0. The lowest BCUT2D eigenvalue weighted by Crippen LogP contribution is -2.66. The summed E-state index contributed by atoms with van der Waals surface area (Å²) in [7, 11) is 0. The summed E-state index contributed by atoms with van der Waals surface area (Å²) in [5.74, 6) is 0. The molecule has 2 aromatic rings. The summed E-state index contributed by atoms with van der Waals surface area (Å²) in [6.45, 7) is 8.11. The summed E-state index contributed by atoms with van der Waals surface area (Å²) < 4.78 is 0. The molecule has 0 radical (unpaired) electrons. The maximum Gasteiger partial charge on any atom is 0.0995 e. The Hall–Kier alpha value is -1.96. The monoisotopic (exact) mass is 278 g/mol. The van der Waals surface area contributed by atoms with Crippen molar-refractivity contribution in [3.8, 4) is 0 Å². The molecule has 21 heavy (non-hydrogen) atoms. The minimum atomic E-state index is 0.0941. The molecule has 5 rings (SSSR count). The van der Waals surface area contributed by atoms with Crippen LogP contribution in [0, 0.1) is 6.92 Å². The SMILES string of the molecule is Cc1ccccc1N1[C@@H](C)N2CCC1(C)c1ccccc12. The molecule has 108 valence electrons. The van der Waals surface area contributed by atoms with Crippen LogP contribution in [0.1, 0.15) is 31.4 Å². The van der Waals surface area contributed by atoms with Crippen LogP contribution in [0.25, 0.3) is 0 Å². The third-order valence-electron chi connectivity index (χ3n) is 5.36. The van der Waals surface area contributed by atoms with E-state index in [-0.39, 0.29) is 5.54 Å². The highest BCUT2D eigenvalue weighted by Gasteiger charge is 2.49. The Morgan fingerprint density at radius 1 is 1.00 bits per heavy atom. The van der Waals surface area contributed by atoms with E-state index < -0.39 is 0 Å². The van der Waals surface area contributed by atoms with Crippen molar-refractivity contribution in [2.45, 2.75) is 38.9 Å². The van der Waals surface area contributed by atoms with Gasteiger partial charge in [0, 0.05) is 23.5 Å². The van der Waals surface area contributed by atoms with Gasteiger partial charge in [-0.3, -0.25) is 0 Å². The van der Waals surface area contributed by atoms with Crippen molar-refractivity contribution < 1.29 is 0 Å². The lowest BCUT2D eigenvalue weighted by molar-refractivity contribution is 0.294. The molecule has 3 aliphatic heterocycles. The van der Waals surface area contributed by atoms with Crippen LogP contribution >= 0.6 is 0 Å². The third-order valence-corrected chi connectivity index (χ3v) is 5.36. The van der Waals surface area contributed by atoms with Crippen molar-refractivity contribution in [2.75, 3.05) is 16.3 Å². The average molecular weight is 278 g/mol. The molecule has 2 nitrogen and oxygen atoms in total. The molecule has 2 aromatic carbocycles. The van der Waals surface area contributed by atoms with Crippen molar-refractivity contribution in [3.05, 3.63) is 59.7 Å². The van der Waals surface area contributed by atoms with Gasteiger partial charge in [0.25, 0.3) is 0 Å². The highest BCUT2D eigenvalue weighted by molar-refractivity contribution is 5.70. The molecule has 2 heteroatoms. The van der Waals surface area contributed by atoms with Gasteiger partial charge in [0.2, 0.25) is 0 Å². The number of anilines is 2. The molecular weight excluding hydrogens is 256 g/mol. The number of hydrogen-bond donors (Lipinski definition) is 0. The molecule has 0 aromatic heterocycles. The summed E-state index contributed by atoms with van der Waals surface area (Å²) >= 11 is 0. The summed E-state index contributed by atoms with van der Waals surface area (Å²) in [6.07, 6.45) is 1.59. The molecule has 3 aliphatic rings. The Kier molecular flexibility index (Phi) is 2.59. The number of hydrogen-bond acceptors (Lipinski definition) is 2. The van der Waals surface area contributed by atoms with Gasteiger partial charge >= 0.3 is 0 Å². The fourth-order valence-electron chi connectivity index (χ4n) is 4.26. The van der Waals surface area contributed by atoms with Crippen LogP contribution in [0.15, 0.2) is 48.5 Å². The third kappa shape index (κ3) is 1.59. The molecule has 2 atom stereocenters. The Morgan fingerprint density at radius 3 is 2.43 bits per heavy atom. The van der Waals surface area contributed by atoms with E-state index >= 15 is 0 Å². The second kappa shape index (κ2) is 4.27. The lowest BCUT2D eigenvalue weighted by Gasteiger charge is -2.61. The van der Waals surface area contributed by atoms with Crippen LogP contribution in [0.2, 0.25) is 0 Å². The van der Waals surface area contributed by atoms with Gasteiger partial charge in [-0.25, -0.2) is 0 Å². The van der Waals surface area contributed by atoms with Gasteiger partial charge in [-0.2, -0.15) is 0 Å². The first-order valence-corrected chi connectivity index (χ1v) is 7.84. The van der Waals surface area contributed by atoms with E-state index in [4.69, 9.17) is 0 Å². The van der Waals surface area contributed by atoms with Gasteiger partial charge in [-0.1, -0.05) is 36.4 Å². The zero-order valence-electron chi connectivity index (χ0n) is 13.0. The number of benzene rings is 2. The van der Waals surface area contributed by atoms with Gasteiger partial charge in [0.05, 0.1) is 11.7 Å². The summed E-state index contributed by atoms with van der Waals surface area (Å²) in [6, 6.07) is 17.7. The van der Waals surface area contributed by atoms with E-state index in [1.165, 1.54) is 28.9 Å². The highest BCUT2D eigenvalue weighted by Crippen LogP contribution is 2.51. The number of fused-ring (bicyclic) bond motifs is 2. The molecule has 0 spiro atoms. The first-order valence-electron chi connectivity index (χ1n) is 7.84. The smallest absolute Gasteiger partial charge is 0.0995 e. The predicted molar refractivity (Wildman–Crippen MR) is 88.9 cm³/mol. The van der Waals surface area contributed by atoms with Crippen LogP contribution in [0.5, 0.6) is 0 Å². The standard InChI is InChI=1S/C19H22N2/c1-14-8-4-6-10-17(14)21-15(2)20-13-12-19(21,3)16-9-5-7-11-18(16)20/h4-11,15H,12-13H2,1-3H3/t15-,19?/m0/s1. The maximum atomic E-state index is 2.62. The Balaban J connectivity index is 1.94. The van der Waals surface area contributed by atoms with Crippen molar-refractivity contribution in [3.63, 3.8) is 0 Å². The summed E-state index contributed by atoms with van der Waals surface area (Å²) in [4.78, 5) is 5.17. The molecule has 2 bridgehead atoms. The first kappa shape index (κ1) is 12.8. The second-order valence-electron chi connectivity index (χ2n) is 6.52. The summed E-state index contributed by atoms with van der Waals surface area (Å²) in [5, 5.41) is 0. The van der Waals surface area contributed by atoms with Gasteiger partial charge in [-0.05, 0) is 44.9 Å². The Labute approximate surface area is 127 Å². The van der Waals surface area contributed by atoms with Crippen LogP contribution in [0.3, 0.4) is 0 Å². The van der Waals surface area contributed by atoms with Gasteiger partial charge < -0.3 is 9.80 Å². The van der Waals surface area contributed by atoms with E-state index in [9.17, 15) is 0 Å². The predicted octanol–water partition coefficient (Wildman–Crippen LogP) is 4.29. The molecule has 1 saturated heterocycles. The number of nitrogens with zero attached hydrogens (tertiary/aromatic N) is 2. The van der Waals surface area contributed by atoms with Gasteiger partial charge in [0.1, 0.15) is 0 Å². The first-order chi connectivity index (χ1) is 10.1. The maximum absolute atomic E-state index is 2.62. The van der Waals surface area contributed by atoms with Gasteiger partial charge in [-0.15, -0.1) is 0 Å². The van der Waals surface area contributed by atoms with E-state index in [1.54, 1.807) is 0 Å². The Morgan fingerprint density at radius 2 is 1.67 bits per heavy atom. The van der Waals surface area contributed by atoms with Crippen LogP contribution < -0.4 is 9.80 Å². The number of aryl methyl sites for hydroxylation is 1. The second-order valence-corrected chi connectivity index (χ2v) is 6.52. The van der Waals surface area contributed by atoms with E-state index in [2.05, 4.69) is 79.1 Å². The lowest BCUT2D eigenvalue weighted by atomic mass is 9.78. The molecule has 1 fully saturated rings. The van der Waals surface area contributed by atoms with Crippen molar-refractivity contribution >= 4 is 11.4 Å². The minimum Gasteiger partial charge on any atom is -0.351 e. The fraction of sp³-hybridized carbons (Fsp3) is 0.368. The minimum absolute atomic E-state index is 0.0941. The van der Waals surface area contributed by atoms with Crippen LogP contribution in [-0.2, 0) is 5.54 Å². The number of para-hydroxylation sites is 2. The topological polar surface area (TPSA) is 6.48 Å². The van der Waals surface area contributed by atoms with Crippen molar-refractivity contribution in [1.29, 1.82) is 0 Å². The molecule has 0 aliphatic carbocycles. The Bertz CT molecular complexity index is 693. The van der Waals surface area contributed by atoms with Gasteiger partial charge in [0.15, 0.2) is 0 Å². The average Bonchev–Trinajstić information content (AvgIpc) is 2.49. The normalized spacial score (nSPS) is 26.9.